The van der Waals surface area contributed by atoms with Crippen molar-refractivity contribution in [3.63, 3.8) is 0 Å². The number of hydrogen-bond donors (Lipinski definition) is 2. The van der Waals surface area contributed by atoms with E-state index in [4.69, 9.17) is 4.74 Å². The van der Waals surface area contributed by atoms with Gasteiger partial charge in [0.05, 0.1) is 12.8 Å². The summed E-state index contributed by atoms with van der Waals surface area (Å²) in [5.74, 6) is 0.145. The van der Waals surface area contributed by atoms with E-state index >= 15 is 0 Å². The predicted molar refractivity (Wildman–Crippen MR) is 102 cm³/mol. The number of para-hydroxylation sites is 1. The molecule has 2 N–H and O–H groups in total. The van der Waals surface area contributed by atoms with Crippen LogP contribution in [0.1, 0.15) is 16.1 Å². The summed E-state index contributed by atoms with van der Waals surface area (Å²) in [6.07, 6.45) is 2.25. The zero-order chi connectivity index (χ0) is 19.1. The largest absolute Gasteiger partial charge is 0.497 e. The van der Waals surface area contributed by atoms with Crippen molar-refractivity contribution in [2.24, 2.45) is 0 Å². The van der Waals surface area contributed by atoms with Gasteiger partial charge in [0.2, 0.25) is 5.95 Å². The standard InChI is InChI=1S/C20H19FN4O2/c1-27-15-8-6-14(7-9-15)10-12-22-20-23-13-11-18(25-20)19(26)24-17-5-3-2-4-16(17)21/h2-9,11,13H,10,12H2,1H3,(H,24,26)(H,22,23,25). The highest BCUT2D eigenvalue weighted by molar-refractivity contribution is 6.03. The van der Waals surface area contributed by atoms with Gasteiger partial charge in [-0.3, -0.25) is 4.79 Å². The maximum absolute atomic E-state index is 13.7. The van der Waals surface area contributed by atoms with Gasteiger partial charge in [0.15, 0.2) is 0 Å². The van der Waals surface area contributed by atoms with Gasteiger partial charge in [0.1, 0.15) is 17.3 Å². The van der Waals surface area contributed by atoms with Crippen LogP contribution in [0.15, 0.2) is 60.8 Å². The molecule has 0 unspecified atom stereocenters. The van der Waals surface area contributed by atoms with Gasteiger partial charge in [0.25, 0.3) is 5.91 Å². The normalized spacial score (nSPS) is 10.3. The van der Waals surface area contributed by atoms with E-state index in [0.29, 0.717) is 12.5 Å². The van der Waals surface area contributed by atoms with Gasteiger partial charge in [0, 0.05) is 12.7 Å². The number of carbonyl (C=O) groups is 1. The minimum atomic E-state index is -0.502. The van der Waals surface area contributed by atoms with Gasteiger partial charge in [-0.2, -0.15) is 0 Å². The predicted octanol–water partition coefficient (Wildman–Crippen LogP) is 3.53. The van der Waals surface area contributed by atoms with E-state index in [1.165, 1.54) is 24.4 Å². The van der Waals surface area contributed by atoms with E-state index in [1.54, 1.807) is 19.2 Å². The Bertz CT molecular complexity index is 916. The summed E-state index contributed by atoms with van der Waals surface area (Å²) in [4.78, 5) is 20.6. The quantitative estimate of drug-likeness (QED) is 0.669. The Kier molecular flexibility index (Phi) is 5.94. The van der Waals surface area contributed by atoms with E-state index in [-0.39, 0.29) is 11.4 Å². The van der Waals surface area contributed by atoms with Crippen LogP contribution in [-0.2, 0) is 6.42 Å². The van der Waals surface area contributed by atoms with Crippen LogP contribution in [0.4, 0.5) is 16.0 Å². The molecule has 3 rings (SSSR count). The molecule has 6 nitrogen and oxygen atoms in total. The van der Waals surface area contributed by atoms with Crippen molar-refractivity contribution in [1.29, 1.82) is 0 Å². The Morgan fingerprint density at radius 3 is 2.63 bits per heavy atom. The van der Waals surface area contributed by atoms with Crippen LogP contribution >= 0.6 is 0 Å². The first-order valence-electron chi connectivity index (χ1n) is 8.41. The van der Waals surface area contributed by atoms with Crippen LogP contribution in [-0.4, -0.2) is 29.5 Å². The number of aromatic nitrogens is 2. The number of amides is 1. The van der Waals surface area contributed by atoms with Crippen molar-refractivity contribution >= 4 is 17.5 Å². The maximum Gasteiger partial charge on any atom is 0.274 e. The number of benzene rings is 2. The molecule has 0 aliphatic rings. The first-order valence-corrected chi connectivity index (χ1v) is 8.41. The molecule has 0 radical (unpaired) electrons. The number of ether oxygens (including phenoxy) is 1. The summed E-state index contributed by atoms with van der Waals surface area (Å²) in [5.41, 5.74) is 1.40. The van der Waals surface area contributed by atoms with Gasteiger partial charge < -0.3 is 15.4 Å². The molecular formula is C20H19FN4O2. The van der Waals surface area contributed by atoms with E-state index in [9.17, 15) is 9.18 Å². The fourth-order valence-electron chi connectivity index (χ4n) is 2.43. The van der Waals surface area contributed by atoms with Crippen molar-refractivity contribution in [3.05, 3.63) is 77.9 Å². The number of anilines is 2. The Morgan fingerprint density at radius 2 is 1.89 bits per heavy atom. The number of halogens is 1. The molecule has 0 spiro atoms. The highest BCUT2D eigenvalue weighted by Crippen LogP contribution is 2.14. The highest BCUT2D eigenvalue weighted by Gasteiger charge is 2.11. The van der Waals surface area contributed by atoms with Crippen molar-refractivity contribution in [1.82, 2.24) is 9.97 Å². The molecule has 138 valence electrons. The van der Waals surface area contributed by atoms with Crippen LogP contribution in [0.3, 0.4) is 0 Å². The van der Waals surface area contributed by atoms with Crippen LogP contribution < -0.4 is 15.4 Å². The van der Waals surface area contributed by atoms with Gasteiger partial charge in [-0.15, -0.1) is 0 Å². The lowest BCUT2D eigenvalue weighted by molar-refractivity contribution is 0.102. The molecule has 3 aromatic rings. The van der Waals surface area contributed by atoms with Crippen molar-refractivity contribution in [3.8, 4) is 5.75 Å². The third-order valence-corrected chi connectivity index (χ3v) is 3.87. The van der Waals surface area contributed by atoms with E-state index in [1.807, 2.05) is 24.3 Å². The lowest BCUT2D eigenvalue weighted by Gasteiger charge is -2.08. The van der Waals surface area contributed by atoms with E-state index in [0.717, 1.165) is 17.7 Å². The monoisotopic (exact) mass is 366 g/mol. The average molecular weight is 366 g/mol. The van der Waals surface area contributed by atoms with Crippen LogP contribution in [0.25, 0.3) is 0 Å². The number of hydrogen-bond acceptors (Lipinski definition) is 5. The summed E-state index contributed by atoms with van der Waals surface area (Å²) < 4.78 is 18.8. The Labute approximate surface area is 156 Å². The molecule has 0 saturated carbocycles. The Morgan fingerprint density at radius 1 is 1.11 bits per heavy atom. The lowest BCUT2D eigenvalue weighted by atomic mass is 10.1. The molecule has 7 heteroatoms. The van der Waals surface area contributed by atoms with Crippen LogP contribution in [0.2, 0.25) is 0 Å². The highest BCUT2D eigenvalue weighted by atomic mass is 19.1. The van der Waals surface area contributed by atoms with Crippen molar-refractivity contribution < 1.29 is 13.9 Å². The minimum absolute atomic E-state index is 0.107. The summed E-state index contributed by atoms with van der Waals surface area (Å²) in [6.45, 7) is 0.602. The Balaban J connectivity index is 1.58. The Hall–Kier alpha value is -3.48. The fourth-order valence-corrected chi connectivity index (χ4v) is 2.43. The first-order chi connectivity index (χ1) is 13.2. The van der Waals surface area contributed by atoms with Gasteiger partial charge in [-0.05, 0) is 42.3 Å². The van der Waals surface area contributed by atoms with Crippen LogP contribution in [0.5, 0.6) is 5.75 Å². The molecule has 0 aliphatic heterocycles. The topological polar surface area (TPSA) is 76.1 Å². The SMILES string of the molecule is COc1ccc(CCNc2nccc(C(=O)Nc3ccccc3F)n2)cc1. The third kappa shape index (κ3) is 5.01. The fraction of sp³-hybridized carbons (Fsp3) is 0.150. The molecular weight excluding hydrogens is 347 g/mol. The number of nitrogens with one attached hydrogen (secondary N) is 2. The molecule has 1 heterocycles. The van der Waals surface area contributed by atoms with Crippen molar-refractivity contribution in [2.75, 3.05) is 24.3 Å². The second-order valence-electron chi connectivity index (χ2n) is 5.72. The zero-order valence-electron chi connectivity index (χ0n) is 14.8. The second-order valence-corrected chi connectivity index (χ2v) is 5.72. The average Bonchev–Trinajstić information content (AvgIpc) is 2.70. The maximum atomic E-state index is 13.7. The van der Waals surface area contributed by atoms with Gasteiger partial charge in [-0.1, -0.05) is 24.3 Å². The van der Waals surface area contributed by atoms with Crippen molar-refractivity contribution in [2.45, 2.75) is 6.42 Å². The first kappa shape index (κ1) is 18.3. The molecule has 0 atom stereocenters. The smallest absolute Gasteiger partial charge is 0.274 e. The molecule has 0 fully saturated rings. The van der Waals surface area contributed by atoms with E-state index < -0.39 is 11.7 Å². The molecule has 27 heavy (non-hydrogen) atoms. The van der Waals surface area contributed by atoms with Crippen LogP contribution in [0, 0.1) is 5.82 Å². The summed E-state index contributed by atoms with van der Waals surface area (Å²) >= 11 is 0. The molecule has 0 saturated heterocycles. The molecule has 0 aliphatic carbocycles. The number of carbonyl (C=O) groups excluding carboxylic acids is 1. The van der Waals surface area contributed by atoms with Gasteiger partial charge in [-0.25, -0.2) is 14.4 Å². The molecule has 1 aromatic heterocycles. The summed E-state index contributed by atoms with van der Waals surface area (Å²) in [5, 5.41) is 5.59. The molecule has 0 bridgehead atoms. The second kappa shape index (κ2) is 8.75. The number of methoxy groups -OCH3 is 1. The zero-order valence-corrected chi connectivity index (χ0v) is 14.8. The third-order valence-electron chi connectivity index (χ3n) is 3.87. The van der Waals surface area contributed by atoms with Gasteiger partial charge >= 0.3 is 0 Å². The number of rotatable bonds is 7. The molecule has 1 amide bonds. The molecule has 2 aromatic carbocycles. The van der Waals surface area contributed by atoms with E-state index in [2.05, 4.69) is 20.6 Å². The lowest BCUT2D eigenvalue weighted by Crippen LogP contribution is -2.16. The summed E-state index contributed by atoms with van der Waals surface area (Å²) in [7, 11) is 1.63. The number of nitrogens with zero attached hydrogens (tertiary/aromatic N) is 2. The summed E-state index contributed by atoms with van der Waals surface area (Å²) in [6, 6.07) is 15.2. The minimum Gasteiger partial charge on any atom is -0.497 e.